The van der Waals surface area contributed by atoms with Gasteiger partial charge in [0.1, 0.15) is 11.5 Å². The molecule has 4 rings (SSSR count). The molecule has 0 aromatic heterocycles. The molecule has 0 saturated heterocycles. The summed E-state index contributed by atoms with van der Waals surface area (Å²) in [4.78, 5) is 0.0849. The van der Waals surface area contributed by atoms with E-state index in [2.05, 4.69) is 0 Å². The van der Waals surface area contributed by atoms with Crippen LogP contribution in [0.5, 0.6) is 11.5 Å². The molecule has 9 heteroatoms. The molecule has 7 nitrogen and oxygen atoms in total. The van der Waals surface area contributed by atoms with Crippen LogP contribution in [0.1, 0.15) is 29.2 Å². The summed E-state index contributed by atoms with van der Waals surface area (Å²) in [5.41, 5.74) is 3.56. The van der Waals surface area contributed by atoms with Crippen LogP contribution in [0.2, 0.25) is 0 Å². The number of hydrogen-bond donors (Lipinski definition) is 1. The summed E-state index contributed by atoms with van der Waals surface area (Å²) >= 11 is 0. The fourth-order valence-electron chi connectivity index (χ4n) is 3.41. The number of hydrogen-bond acceptors (Lipinski definition) is 6. The number of ether oxygens (including phenoxy) is 1. The quantitative estimate of drug-likeness (QED) is 0.206. The van der Waals surface area contributed by atoms with Crippen molar-refractivity contribution in [1.82, 2.24) is 0 Å². The van der Waals surface area contributed by atoms with Gasteiger partial charge in [0.25, 0.3) is 10.1 Å². The van der Waals surface area contributed by atoms with Crippen LogP contribution in [0.4, 0.5) is 0 Å². The molecule has 0 aliphatic heterocycles. The molecule has 0 saturated carbocycles. The molecule has 0 aliphatic carbocycles. The van der Waals surface area contributed by atoms with E-state index in [1.807, 2.05) is 56.3 Å². The van der Waals surface area contributed by atoms with Crippen molar-refractivity contribution in [2.75, 3.05) is 0 Å². The van der Waals surface area contributed by atoms with Crippen LogP contribution in [0.3, 0.4) is 0 Å². The van der Waals surface area contributed by atoms with Crippen molar-refractivity contribution in [3.8, 4) is 11.5 Å². The van der Waals surface area contributed by atoms with E-state index in [9.17, 15) is 16.8 Å². The fourth-order valence-corrected chi connectivity index (χ4v) is 5.07. The Labute approximate surface area is 224 Å². The Morgan fingerprint density at radius 1 is 0.711 bits per heavy atom. The van der Waals surface area contributed by atoms with Gasteiger partial charge in [0.2, 0.25) is 0 Å². The highest BCUT2D eigenvalue weighted by Gasteiger charge is 2.19. The van der Waals surface area contributed by atoms with E-state index in [4.69, 9.17) is 13.5 Å². The van der Waals surface area contributed by atoms with Gasteiger partial charge in [-0.3, -0.25) is 4.55 Å². The van der Waals surface area contributed by atoms with Crippen LogP contribution in [-0.4, -0.2) is 21.4 Å². The van der Waals surface area contributed by atoms with E-state index in [1.54, 1.807) is 43.3 Å². The molecule has 38 heavy (non-hydrogen) atoms. The zero-order chi connectivity index (χ0) is 27.8. The fraction of sp³-hybridized carbons (Fsp3) is 0.172. The molecule has 0 unspecified atom stereocenters. The molecule has 0 atom stereocenters. The standard InChI is InChI=1S/C22H22O4S.C7H8O3S/c1-3-18-11-14-21(22(15-18)25-16-19-7-5-4-6-8-19)26-27(23,24)20-12-9-17(2)10-13-20;1-6-4-2-3-5-7(6)11(8,9)10/h4-15H,3,16H2,1-2H3;2-5H,1H3,(H,8,9,10). The largest absolute Gasteiger partial charge is 0.485 e. The smallest absolute Gasteiger partial charge is 0.339 e. The molecular weight excluding hydrogens is 524 g/mol. The molecule has 200 valence electrons. The lowest BCUT2D eigenvalue weighted by Gasteiger charge is -2.14. The minimum absolute atomic E-state index is 0.0278. The number of benzene rings is 4. The molecule has 0 heterocycles. The molecule has 0 spiro atoms. The van der Waals surface area contributed by atoms with Gasteiger partial charge in [-0.15, -0.1) is 0 Å². The Morgan fingerprint density at radius 2 is 1.34 bits per heavy atom. The highest BCUT2D eigenvalue weighted by molar-refractivity contribution is 7.87. The summed E-state index contributed by atoms with van der Waals surface area (Å²) < 4.78 is 66.4. The van der Waals surface area contributed by atoms with Gasteiger partial charge in [-0.05, 0) is 67.3 Å². The van der Waals surface area contributed by atoms with Crippen molar-refractivity contribution in [1.29, 1.82) is 0 Å². The Morgan fingerprint density at radius 3 is 1.92 bits per heavy atom. The lowest BCUT2D eigenvalue weighted by atomic mass is 10.1. The minimum atomic E-state index is -4.03. The van der Waals surface area contributed by atoms with Gasteiger partial charge in [-0.25, -0.2) is 0 Å². The molecule has 4 aromatic carbocycles. The average molecular weight is 555 g/mol. The first-order valence-electron chi connectivity index (χ1n) is 11.8. The Bertz CT molecular complexity index is 1560. The second-order valence-corrected chi connectivity index (χ2v) is 11.4. The predicted molar refractivity (Wildman–Crippen MR) is 147 cm³/mol. The van der Waals surface area contributed by atoms with Crippen molar-refractivity contribution in [3.63, 3.8) is 0 Å². The molecule has 1 N–H and O–H groups in total. The zero-order valence-corrected chi connectivity index (χ0v) is 23.0. The summed E-state index contributed by atoms with van der Waals surface area (Å²) in [5.74, 6) is 0.595. The Balaban J connectivity index is 0.000000304. The maximum Gasteiger partial charge on any atom is 0.339 e. The third kappa shape index (κ3) is 8.17. The highest BCUT2D eigenvalue weighted by atomic mass is 32.2. The van der Waals surface area contributed by atoms with Crippen molar-refractivity contribution in [2.24, 2.45) is 0 Å². The molecule has 4 aromatic rings. The van der Waals surface area contributed by atoms with Crippen molar-refractivity contribution in [3.05, 3.63) is 119 Å². The second kappa shape index (κ2) is 12.7. The third-order valence-electron chi connectivity index (χ3n) is 5.53. The lowest BCUT2D eigenvalue weighted by molar-refractivity contribution is 0.296. The summed E-state index contributed by atoms with van der Waals surface area (Å²) in [6.07, 6.45) is 0.812. The van der Waals surface area contributed by atoms with Gasteiger partial charge >= 0.3 is 10.1 Å². The van der Waals surface area contributed by atoms with E-state index in [-0.39, 0.29) is 15.5 Å². The number of aryl methyl sites for hydroxylation is 3. The van der Waals surface area contributed by atoms with E-state index in [0.717, 1.165) is 23.1 Å². The first-order valence-corrected chi connectivity index (χ1v) is 14.7. The normalized spacial score (nSPS) is 11.3. The van der Waals surface area contributed by atoms with Gasteiger partial charge in [0.15, 0.2) is 11.5 Å². The topological polar surface area (TPSA) is 107 Å². The first-order chi connectivity index (χ1) is 18.0. The van der Waals surface area contributed by atoms with Crippen LogP contribution in [0.25, 0.3) is 0 Å². The average Bonchev–Trinajstić information content (AvgIpc) is 2.89. The molecule has 0 radical (unpaired) electrons. The van der Waals surface area contributed by atoms with Gasteiger partial charge < -0.3 is 8.92 Å². The number of rotatable bonds is 8. The minimum Gasteiger partial charge on any atom is -0.485 e. The summed E-state index contributed by atoms with van der Waals surface area (Å²) in [7, 11) is -7.97. The molecule has 0 amide bonds. The van der Waals surface area contributed by atoms with E-state index in [1.165, 1.54) is 18.2 Å². The first kappa shape index (κ1) is 28.9. The summed E-state index contributed by atoms with van der Waals surface area (Å²) in [5, 5.41) is 0. The molecule has 0 fully saturated rings. The Hall–Kier alpha value is -3.66. The lowest BCUT2D eigenvalue weighted by Crippen LogP contribution is -2.11. The van der Waals surface area contributed by atoms with Crippen molar-refractivity contribution in [2.45, 2.75) is 43.6 Å². The van der Waals surface area contributed by atoms with Gasteiger partial charge in [-0.2, -0.15) is 16.8 Å². The van der Waals surface area contributed by atoms with E-state index < -0.39 is 20.2 Å². The molecular formula is C29H30O7S2. The second-order valence-electron chi connectivity index (χ2n) is 8.50. The van der Waals surface area contributed by atoms with Gasteiger partial charge in [0.05, 0.1) is 4.90 Å². The predicted octanol–water partition coefficient (Wildman–Crippen LogP) is 6.15. The highest BCUT2D eigenvalue weighted by Crippen LogP contribution is 2.32. The maximum atomic E-state index is 12.6. The van der Waals surface area contributed by atoms with Crippen LogP contribution in [0, 0.1) is 13.8 Å². The SMILES string of the molecule is CCc1ccc(OS(=O)(=O)c2ccc(C)cc2)c(OCc2ccccc2)c1.Cc1ccccc1S(=O)(=O)O. The zero-order valence-electron chi connectivity index (χ0n) is 21.4. The van der Waals surface area contributed by atoms with Crippen molar-refractivity contribution < 1.29 is 30.3 Å². The maximum absolute atomic E-state index is 12.6. The summed E-state index contributed by atoms with van der Waals surface area (Å²) in [6.45, 7) is 5.88. The van der Waals surface area contributed by atoms with Crippen LogP contribution in [0.15, 0.2) is 107 Å². The molecule has 0 bridgehead atoms. The van der Waals surface area contributed by atoms with Gasteiger partial charge in [-0.1, -0.05) is 79.2 Å². The van der Waals surface area contributed by atoms with Crippen LogP contribution < -0.4 is 8.92 Å². The third-order valence-corrected chi connectivity index (χ3v) is 7.80. The summed E-state index contributed by atoms with van der Waals surface area (Å²) in [6, 6.07) is 27.8. The van der Waals surface area contributed by atoms with Gasteiger partial charge in [0, 0.05) is 0 Å². The van der Waals surface area contributed by atoms with E-state index in [0.29, 0.717) is 17.9 Å². The molecule has 0 aliphatic rings. The Kier molecular flexibility index (Phi) is 9.68. The monoisotopic (exact) mass is 554 g/mol. The van der Waals surface area contributed by atoms with E-state index >= 15 is 0 Å². The van der Waals surface area contributed by atoms with Crippen molar-refractivity contribution >= 4 is 20.2 Å². The van der Waals surface area contributed by atoms with Crippen LogP contribution in [-0.2, 0) is 33.3 Å². The van der Waals surface area contributed by atoms with Crippen LogP contribution >= 0.6 is 0 Å².